The van der Waals surface area contributed by atoms with Gasteiger partial charge in [-0.3, -0.25) is 4.90 Å². The van der Waals surface area contributed by atoms with Crippen LogP contribution in [0.4, 0.5) is 4.79 Å². The van der Waals surface area contributed by atoms with Gasteiger partial charge in [0.2, 0.25) is 0 Å². The summed E-state index contributed by atoms with van der Waals surface area (Å²) in [7, 11) is 0. The highest BCUT2D eigenvalue weighted by Crippen LogP contribution is 2.26. The van der Waals surface area contributed by atoms with Crippen LogP contribution >= 0.6 is 0 Å². The predicted molar refractivity (Wildman–Crippen MR) is 103 cm³/mol. The van der Waals surface area contributed by atoms with Crippen molar-refractivity contribution in [1.29, 1.82) is 0 Å². The van der Waals surface area contributed by atoms with Crippen molar-refractivity contribution in [3.63, 3.8) is 0 Å². The number of rotatable bonds is 5. The molecule has 4 nitrogen and oxygen atoms in total. The molecule has 26 heavy (non-hydrogen) atoms. The second-order valence-corrected chi connectivity index (χ2v) is 6.40. The molecule has 1 aliphatic heterocycles. The van der Waals surface area contributed by atoms with Crippen molar-refractivity contribution in [1.82, 2.24) is 9.80 Å². The predicted octanol–water partition coefficient (Wildman–Crippen LogP) is 3.36. The van der Waals surface area contributed by atoms with E-state index in [1.54, 1.807) is 4.90 Å². The fourth-order valence-electron chi connectivity index (χ4n) is 3.38. The smallest absolute Gasteiger partial charge is 0.410 e. The van der Waals surface area contributed by atoms with Crippen molar-refractivity contribution in [3.8, 4) is 12.3 Å². The third kappa shape index (κ3) is 4.65. The summed E-state index contributed by atoms with van der Waals surface area (Å²) in [5.41, 5.74) is 2.62. The quantitative estimate of drug-likeness (QED) is 0.777. The monoisotopic (exact) mass is 348 g/mol. The van der Waals surface area contributed by atoms with Gasteiger partial charge in [-0.2, -0.15) is 0 Å². The van der Waals surface area contributed by atoms with Crippen molar-refractivity contribution in [3.05, 3.63) is 71.8 Å². The summed E-state index contributed by atoms with van der Waals surface area (Å²) in [6.45, 7) is 2.97. The Morgan fingerprint density at radius 3 is 2.23 bits per heavy atom. The number of nitrogens with zero attached hydrogens (tertiary/aromatic N) is 2. The van der Waals surface area contributed by atoms with Crippen LogP contribution < -0.4 is 0 Å². The molecule has 0 saturated carbocycles. The van der Waals surface area contributed by atoms with Gasteiger partial charge < -0.3 is 9.64 Å². The molecular weight excluding hydrogens is 324 g/mol. The van der Waals surface area contributed by atoms with E-state index in [4.69, 9.17) is 11.2 Å². The van der Waals surface area contributed by atoms with E-state index < -0.39 is 0 Å². The van der Waals surface area contributed by atoms with Crippen LogP contribution in [0.1, 0.15) is 17.2 Å². The maximum atomic E-state index is 12.0. The molecule has 4 heteroatoms. The van der Waals surface area contributed by atoms with E-state index in [0.717, 1.165) is 19.5 Å². The zero-order valence-electron chi connectivity index (χ0n) is 14.9. The third-order valence-corrected chi connectivity index (χ3v) is 4.75. The number of hydrogen-bond donors (Lipinski definition) is 0. The number of amides is 1. The van der Waals surface area contributed by atoms with Gasteiger partial charge >= 0.3 is 6.09 Å². The Kier molecular flexibility index (Phi) is 6.29. The minimum Gasteiger partial charge on any atom is -0.436 e. The zero-order valence-corrected chi connectivity index (χ0v) is 14.9. The first-order valence-electron chi connectivity index (χ1n) is 8.96. The number of ether oxygens (including phenoxy) is 1. The summed E-state index contributed by atoms with van der Waals surface area (Å²) in [6, 6.07) is 21.4. The summed E-state index contributed by atoms with van der Waals surface area (Å²) in [5.74, 6) is 2.33. The maximum absolute atomic E-state index is 12.0. The lowest BCUT2D eigenvalue weighted by atomic mass is 9.97. The molecule has 0 bridgehead atoms. The number of carbonyl (C=O) groups excluding carboxylic acids is 1. The number of piperazine rings is 1. The first-order chi connectivity index (χ1) is 12.8. The first-order valence-corrected chi connectivity index (χ1v) is 8.96. The Hall–Kier alpha value is -2.77. The molecule has 0 aliphatic carbocycles. The molecule has 0 radical (unpaired) electrons. The SMILES string of the molecule is C#CCOC(=O)N1CCN([C@@H](Cc2ccccc2)c2ccccc2)CC1. The average Bonchev–Trinajstić information content (AvgIpc) is 2.72. The lowest BCUT2D eigenvalue weighted by Gasteiger charge is -2.39. The van der Waals surface area contributed by atoms with E-state index in [1.165, 1.54) is 11.1 Å². The molecule has 0 unspecified atom stereocenters. The van der Waals surface area contributed by atoms with Crippen LogP contribution in [0.2, 0.25) is 0 Å². The third-order valence-electron chi connectivity index (χ3n) is 4.75. The summed E-state index contributed by atoms with van der Waals surface area (Å²) in [6.07, 6.45) is 5.78. The van der Waals surface area contributed by atoms with Crippen LogP contribution in [0.3, 0.4) is 0 Å². The fourth-order valence-corrected chi connectivity index (χ4v) is 3.38. The lowest BCUT2D eigenvalue weighted by Crippen LogP contribution is -2.50. The largest absolute Gasteiger partial charge is 0.436 e. The van der Waals surface area contributed by atoms with Gasteiger partial charge in [-0.15, -0.1) is 6.42 Å². The first kappa shape index (κ1) is 18.0. The number of carbonyl (C=O) groups is 1. The molecule has 1 amide bonds. The van der Waals surface area contributed by atoms with Gasteiger partial charge in [0.15, 0.2) is 6.61 Å². The van der Waals surface area contributed by atoms with Crippen LogP contribution in [0.25, 0.3) is 0 Å². The molecule has 0 spiro atoms. The van der Waals surface area contributed by atoms with Gasteiger partial charge in [0, 0.05) is 32.2 Å². The van der Waals surface area contributed by atoms with Crippen LogP contribution in [0.5, 0.6) is 0 Å². The van der Waals surface area contributed by atoms with Crippen molar-refractivity contribution in [2.45, 2.75) is 12.5 Å². The molecule has 1 saturated heterocycles. The summed E-state index contributed by atoms with van der Waals surface area (Å²) < 4.78 is 5.04. The van der Waals surface area contributed by atoms with E-state index in [0.29, 0.717) is 19.1 Å². The molecule has 134 valence electrons. The van der Waals surface area contributed by atoms with Crippen LogP contribution in [-0.2, 0) is 11.2 Å². The molecule has 2 aromatic carbocycles. The van der Waals surface area contributed by atoms with Gasteiger partial charge in [0.05, 0.1) is 0 Å². The number of hydrogen-bond acceptors (Lipinski definition) is 3. The number of terminal acetylenes is 1. The standard InChI is InChI=1S/C22H24N2O2/c1-2-17-26-22(25)24-15-13-23(14-16-24)21(20-11-7-4-8-12-20)18-19-9-5-3-6-10-19/h1,3-12,21H,13-18H2/t21-/m0/s1. The van der Waals surface area contributed by atoms with Crippen molar-refractivity contribution < 1.29 is 9.53 Å². The van der Waals surface area contributed by atoms with Crippen molar-refractivity contribution >= 4 is 6.09 Å². The highest BCUT2D eigenvalue weighted by atomic mass is 16.6. The molecule has 1 fully saturated rings. The Morgan fingerprint density at radius 2 is 1.62 bits per heavy atom. The average molecular weight is 348 g/mol. The molecule has 2 aromatic rings. The minimum absolute atomic E-state index is 0.0275. The Balaban J connectivity index is 1.68. The van der Waals surface area contributed by atoms with Crippen molar-refractivity contribution in [2.75, 3.05) is 32.8 Å². The lowest BCUT2D eigenvalue weighted by molar-refractivity contribution is 0.0692. The maximum Gasteiger partial charge on any atom is 0.410 e. The molecule has 1 atom stereocenters. The van der Waals surface area contributed by atoms with Gasteiger partial charge in [-0.05, 0) is 17.5 Å². The highest BCUT2D eigenvalue weighted by Gasteiger charge is 2.27. The summed E-state index contributed by atoms with van der Waals surface area (Å²) in [5, 5.41) is 0. The van der Waals surface area contributed by atoms with Gasteiger partial charge in [0.25, 0.3) is 0 Å². The van der Waals surface area contributed by atoms with Crippen LogP contribution in [0, 0.1) is 12.3 Å². The second-order valence-electron chi connectivity index (χ2n) is 6.40. The summed E-state index contributed by atoms with van der Waals surface area (Å²) in [4.78, 5) is 16.2. The second kappa shape index (κ2) is 9.07. The summed E-state index contributed by atoms with van der Waals surface area (Å²) >= 11 is 0. The normalized spacial score (nSPS) is 15.9. The molecule has 1 aliphatic rings. The minimum atomic E-state index is -0.318. The van der Waals surface area contributed by atoms with E-state index in [1.807, 2.05) is 12.1 Å². The topological polar surface area (TPSA) is 32.8 Å². The highest BCUT2D eigenvalue weighted by molar-refractivity contribution is 5.67. The van der Waals surface area contributed by atoms with Gasteiger partial charge in [0.1, 0.15) is 0 Å². The van der Waals surface area contributed by atoms with Crippen LogP contribution in [-0.4, -0.2) is 48.7 Å². The Labute approximate surface area is 155 Å². The van der Waals surface area contributed by atoms with E-state index in [9.17, 15) is 4.79 Å². The fraction of sp³-hybridized carbons (Fsp3) is 0.318. The molecule has 3 rings (SSSR count). The van der Waals surface area contributed by atoms with Gasteiger partial charge in [-0.1, -0.05) is 66.6 Å². The van der Waals surface area contributed by atoms with E-state index in [-0.39, 0.29) is 12.7 Å². The van der Waals surface area contributed by atoms with Gasteiger partial charge in [-0.25, -0.2) is 4.79 Å². The molecule has 0 N–H and O–H groups in total. The van der Waals surface area contributed by atoms with Crippen molar-refractivity contribution in [2.24, 2.45) is 0 Å². The Morgan fingerprint density at radius 1 is 1.00 bits per heavy atom. The molecule has 0 aromatic heterocycles. The van der Waals surface area contributed by atoms with E-state index in [2.05, 4.69) is 59.4 Å². The number of benzene rings is 2. The van der Waals surface area contributed by atoms with E-state index >= 15 is 0 Å². The van der Waals surface area contributed by atoms with Crippen LogP contribution in [0.15, 0.2) is 60.7 Å². The zero-order chi connectivity index (χ0) is 18.2. The molecule has 1 heterocycles. The molecular formula is C22H24N2O2. The Bertz CT molecular complexity index is 732.